The maximum absolute atomic E-state index is 11.7. The van der Waals surface area contributed by atoms with Crippen LogP contribution in [-0.2, 0) is 16.6 Å². The Morgan fingerprint density at radius 3 is 2.72 bits per heavy atom. The summed E-state index contributed by atoms with van der Waals surface area (Å²) in [5.74, 6) is 0.203. The van der Waals surface area contributed by atoms with Gasteiger partial charge in [-0.2, -0.15) is 0 Å². The number of piperidine rings is 1. The maximum atomic E-state index is 11.7. The third-order valence-corrected chi connectivity index (χ3v) is 5.35. The summed E-state index contributed by atoms with van der Waals surface area (Å²) in [7, 11) is -3.00. The molecule has 1 fully saturated rings. The van der Waals surface area contributed by atoms with Crippen molar-refractivity contribution >= 4 is 10.0 Å². The molecule has 1 aromatic heterocycles. The van der Waals surface area contributed by atoms with E-state index >= 15 is 0 Å². The average Bonchev–Trinajstić information content (AvgIpc) is 2.90. The van der Waals surface area contributed by atoms with Crippen LogP contribution in [0.5, 0.6) is 0 Å². The van der Waals surface area contributed by atoms with Crippen molar-refractivity contribution in [3.63, 3.8) is 0 Å². The molecule has 6 heteroatoms. The van der Waals surface area contributed by atoms with Crippen molar-refractivity contribution in [2.24, 2.45) is 0 Å². The minimum absolute atomic E-state index is 0.203. The number of nitrogens with zero attached hydrogens (tertiary/aromatic N) is 1. The predicted molar refractivity (Wildman–Crippen MR) is 71.7 cm³/mol. The number of nitrogens with one attached hydrogen (secondary N) is 2. The van der Waals surface area contributed by atoms with Crippen LogP contribution in [0, 0.1) is 0 Å². The number of rotatable bonds is 5. The first-order valence-electron chi connectivity index (χ1n) is 6.44. The summed E-state index contributed by atoms with van der Waals surface area (Å²) in [6.07, 6.45) is 5.67. The van der Waals surface area contributed by atoms with Gasteiger partial charge in [-0.15, -0.1) is 0 Å². The van der Waals surface area contributed by atoms with Crippen LogP contribution in [0.25, 0.3) is 0 Å². The molecule has 0 spiro atoms. The highest BCUT2D eigenvalue weighted by Gasteiger charge is 2.26. The molecule has 5 nitrogen and oxygen atoms in total. The summed E-state index contributed by atoms with van der Waals surface area (Å²) in [6.45, 7) is 3.82. The van der Waals surface area contributed by atoms with Crippen molar-refractivity contribution in [1.29, 1.82) is 0 Å². The van der Waals surface area contributed by atoms with Crippen LogP contribution in [0.4, 0.5) is 0 Å². The molecule has 0 aromatic carbocycles. The molecule has 2 heterocycles. The standard InChI is InChI=1S/C12H21N3O2S/c1-2-18(16,17)15-7-4-12(5-8-15)14-10-11-3-6-13-9-11/h3,6,9,12-14H,2,4-5,7-8,10H2,1H3. The SMILES string of the molecule is CCS(=O)(=O)N1CCC(NCc2cc[nH]c2)CC1. The number of aromatic nitrogens is 1. The number of sulfonamides is 1. The highest BCUT2D eigenvalue weighted by molar-refractivity contribution is 7.89. The van der Waals surface area contributed by atoms with Gasteiger partial charge < -0.3 is 10.3 Å². The Labute approximate surface area is 109 Å². The Hall–Kier alpha value is -0.850. The smallest absolute Gasteiger partial charge is 0.213 e. The summed E-state index contributed by atoms with van der Waals surface area (Å²) < 4.78 is 25.0. The number of H-pyrrole nitrogens is 1. The lowest BCUT2D eigenvalue weighted by Crippen LogP contribution is -2.45. The summed E-state index contributed by atoms with van der Waals surface area (Å²) in [5.41, 5.74) is 1.23. The molecule has 0 unspecified atom stereocenters. The second-order valence-corrected chi connectivity index (χ2v) is 6.93. The van der Waals surface area contributed by atoms with Gasteiger partial charge in [0.05, 0.1) is 5.75 Å². The first-order valence-corrected chi connectivity index (χ1v) is 8.05. The van der Waals surface area contributed by atoms with E-state index in [1.165, 1.54) is 5.56 Å². The van der Waals surface area contributed by atoms with Gasteiger partial charge in [0.25, 0.3) is 0 Å². The molecule has 102 valence electrons. The van der Waals surface area contributed by atoms with E-state index in [1.54, 1.807) is 11.2 Å². The van der Waals surface area contributed by atoms with Crippen molar-refractivity contribution in [3.8, 4) is 0 Å². The quantitative estimate of drug-likeness (QED) is 0.837. The van der Waals surface area contributed by atoms with Crippen LogP contribution in [0.2, 0.25) is 0 Å². The Morgan fingerprint density at radius 2 is 2.17 bits per heavy atom. The summed E-state index contributed by atoms with van der Waals surface area (Å²) in [6, 6.07) is 2.46. The van der Waals surface area contributed by atoms with Gasteiger partial charge in [-0.1, -0.05) is 0 Å². The van der Waals surface area contributed by atoms with Gasteiger partial charge in [0.1, 0.15) is 0 Å². The molecule has 0 atom stereocenters. The molecule has 0 radical (unpaired) electrons. The fourth-order valence-electron chi connectivity index (χ4n) is 2.25. The Balaban J connectivity index is 1.77. The minimum Gasteiger partial charge on any atom is -0.367 e. The lowest BCUT2D eigenvalue weighted by atomic mass is 10.1. The van der Waals surface area contributed by atoms with Crippen LogP contribution in [-0.4, -0.2) is 42.6 Å². The van der Waals surface area contributed by atoms with E-state index < -0.39 is 10.0 Å². The molecule has 18 heavy (non-hydrogen) atoms. The van der Waals surface area contributed by atoms with Gasteiger partial charge in [0, 0.05) is 38.1 Å². The van der Waals surface area contributed by atoms with E-state index in [-0.39, 0.29) is 5.75 Å². The zero-order valence-electron chi connectivity index (χ0n) is 10.7. The van der Waals surface area contributed by atoms with Crippen LogP contribution in [0.3, 0.4) is 0 Å². The Morgan fingerprint density at radius 1 is 1.44 bits per heavy atom. The van der Waals surface area contributed by atoms with Gasteiger partial charge in [-0.3, -0.25) is 0 Å². The summed E-state index contributed by atoms with van der Waals surface area (Å²) >= 11 is 0. The van der Waals surface area contributed by atoms with E-state index in [2.05, 4.69) is 10.3 Å². The molecule has 2 rings (SSSR count). The molecule has 1 saturated heterocycles. The zero-order valence-corrected chi connectivity index (χ0v) is 11.5. The van der Waals surface area contributed by atoms with E-state index in [0.29, 0.717) is 19.1 Å². The highest BCUT2D eigenvalue weighted by atomic mass is 32.2. The number of hydrogen-bond donors (Lipinski definition) is 2. The van der Waals surface area contributed by atoms with Crippen molar-refractivity contribution in [2.75, 3.05) is 18.8 Å². The summed E-state index contributed by atoms with van der Waals surface area (Å²) in [5, 5.41) is 3.47. The monoisotopic (exact) mass is 271 g/mol. The van der Waals surface area contributed by atoms with Crippen LogP contribution in [0.15, 0.2) is 18.5 Å². The predicted octanol–water partition coefficient (Wildman–Crippen LogP) is 0.918. The van der Waals surface area contributed by atoms with Crippen molar-refractivity contribution in [1.82, 2.24) is 14.6 Å². The molecule has 0 bridgehead atoms. The largest absolute Gasteiger partial charge is 0.367 e. The number of hydrogen-bond acceptors (Lipinski definition) is 3. The molecular formula is C12H21N3O2S. The molecule has 1 aromatic rings. The third-order valence-electron chi connectivity index (χ3n) is 3.47. The van der Waals surface area contributed by atoms with Gasteiger partial charge in [-0.25, -0.2) is 12.7 Å². The fourth-order valence-corrected chi connectivity index (χ4v) is 3.38. The first kappa shape index (κ1) is 13.6. The van der Waals surface area contributed by atoms with Gasteiger partial charge in [0.15, 0.2) is 0 Å². The third kappa shape index (κ3) is 3.34. The molecule has 0 saturated carbocycles. The van der Waals surface area contributed by atoms with Crippen LogP contribution >= 0.6 is 0 Å². The van der Waals surface area contributed by atoms with Crippen LogP contribution < -0.4 is 5.32 Å². The lowest BCUT2D eigenvalue weighted by molar-refractivity contribution is 0.289. The van der Waals surface area contributed by atoms with Gasteiger partial charge in [-0.05, 0) is 31.4 Å². The van der Waals surface area contributed by atoms with Crippen LogP contribution in [0.1, 0.15) is 25.3 Å². The lowest BCUT2D eigenvalue weighted by Gasteiger charge is -2.31. The number of aromatic amines is 1. The fraction of sp³-hybridized carbons (Fsp3) is 0.667. The molecule has 1 aliphatic rings. The average molecular weight is 271 g/mol. The zero-order chi connectivity index (χ0) is 13.0. The molecule has 2 N–H and O–H groups in total. The van der Waals surface area contributed by atoms with E-state index in [4.69, 9.17) is 0 Å². The van der Waals surface area contributed by atoms with Crippen molar-refractivity contribution in [2.45, 2.75) is 32.4 Å². The second kappa shape index (κ2) is 5.86. The second-order valence-electron chi connectivity index (χ2n) is 4.67. The molecular weight excluding hydrogens is 250 g/mol. The van der Waals surface area contributed by atoms with E-state index in [9.17, 15) is 8.42 Å². The Kier molecular flexibility index (Phi) is 4.42. The maximum Gasteiger partial charge on any atom is 0.213 e. The first-order chi connectivity index (χ1) is 8.62. The summed E-state index contributed by atoms with van der Waals surface area (Å²) in [4.78, 5) is 3.02. The van der Waals surface area contributed by atoms with Gasteiger partial charge in [0.2, 0.25) is 10.0 Å². The van der Waals surface area contributed by atoms with Crippen molar-refractivity contribution in [3.05, 3.63) is 24.0 Å². The Bertz CT molecular complexity index is 448. The molecule has 0 amide bonds. The topological polar surface area (TPSA) is 65.2 Å². The highest BCUT2D eigenvalue weighted by Crippen LogP contribution is 2.14. The normalized spacial score (nSPS) is 19.2. The van der Waals surface area contributed by atoms with E-state index in [0.717, 1.165) is 19.4 Å². The molecule has 1 aliphatic heterocycles. The molecule has 0 aliphatic carbocycles. The van der Waals surface area contributed by atoms with Gasteiger partial charge >= 0.3 is 0 Å². The van der Waals surface area contributed by atoms with E-state index in [1.807, 2.05) is 18.5 Å². The minimum atomic E-state index is -3.00. The van der Waals surface area contributed by atoms with Crippen molar-refractivity contribution < 1.29 is 8.42 Å².